The van der Waals surface area contributed by atoms with E-state index < -0.39 is 0 Å². The van der Waals surface area contributed by atoms with Crippen molar-refractivity contribution in [3.05, 3.63) is 35.4 Å². The van der Waals surface area contributed by atoms with E-state index in [1.807, 2.05) is 0 Å². The van der Waals surface area contributed by atoms with Crippen LogP contribution in [-0.2, 0) is 5.75 Å². The Hall–Kier alpha value is -0.0800. The van der Waals surface area contributed by atoms with E-state index in [2.05, 4.69) is 35.9 Å². The van der Waals surface area contributed by atoms with Gasteiger partial charge in [0.2, 0.25) is 0 Å². The number of rotatable bonds is 3. The summed E-state index contributed by atoms with van der Waals surface area (Å²) in [6, 6.07) is 9.14. The smallest absolute Gasteiger partial charge is 0.0286 e. The summed E-state index contributed by atoms with van der Waals surface area (Å²) in [5, 5.41) is 0. The van der Waals surface area contributed by atoms with Crippen molar-refractivity contribution >= 4 is 22.5 Å². The van der Waals surface area contributed by atoms with Crippen LogP contribution in [0, 0.1) is 0 Å². The molecule has 2 heteroatoms. The first kappa shape index (κ1) is 11.4. The van der Waals surface area contributed by atoms with Gasteiger partial charge in [0, 0.05) is 5.75 Å². The molecular weight excluding hydrogens is 220 g/mol. The van der Waals surface area contributed by atoms with Crippen LogP contribution in [0.2, 0.25) is 0 Å². The average Bonchev–Trinajstić information content (AvgIpc) is 2.32. The van der Waals surface area contributed by atoms with E-state index in [9.17, 15) is 0 Å². The quantitative estimate of drug-likeness (QED) is 0.582. The summed E-state index contributed by atoms with van der Waals surface area (Å²) in [5.74, 6) is 1.84. The van der Waals surface area contributed by atoms with Gasteiger partial charge in [-0.2, -0.15) is 0 Å². The maximum atomic E-state index is 4.18. The molecule has 1 aromatic rings. The number of hydrogen-bond donors (Lipinski definition) is 1. The zero-order valence-corrected chi connectivity index (χ0v) is 10.7. The summed E-state index contributed by atoms with van der Waals surface area (Å²) in [6.45, 7) is 0. The molecule has 0 bridgehead atoms. The van der Waals surface area contributed by atoms with E-state index in [4.69, 9.17) is 0 Å². The molecule has 0 radical (unpaired) electrons. The summed E-state index contributed by atoms with van der Waals surface area (Å²) >= 11 is 4.18. The predicted octanol–water partition coefficient (Wildman–Crippen LogP) is 4.81. The molecule has 0 spiro atoms. The third-order valence-electron chi connectivity index (χ3n) is 3.29. The lowest BCUT2D eigenvalue weighted by molar-refractivity contribution is 0.443. The number of thiol groups is 1. The first-order valence-electron chi connectivity index (χ1n) is 5.75. The van der Waals surface area contributed by atoms with Gasteiger partial charge in [0.05, 0.1) is 0 Å². The van der Waals surface area contributed by atoms with Gasteiger partial charge in [-0.25, -0.2) is 0 Å². The lowest BCUT2D eigenvalue weighted by atomic mass is 9.84. The minimum atomic E-state index is 0.830. The molecule has 0 nitrogen and oxygen atoms in total. The van der Waals surface area contributed by atoms with Crippen LogP contribution in [0.25, 0.3) is 0 Å². The Labute approximate surface area is 102 Å². The van der Waals surface area contributed by atoms with Gasteiger partial charge in [-0.05, 0) is 29.9 Å². The first-order chi connectivity index (χ1) is 7.40. The summed E-state index contributed by atoms with van der Waals surface area (Å²) in [6.07, 6.45) is 7.05. The highest BCUT2D eigenvalue weighted by molar-refractivity contribution is 8.68. The highest BCUT2D eigenvalue weighted by atomic mass is 33.1. The molecule has 82 valence electrons. The van der Waals surface area contributed by atoms with Crippen molar-refractivity contribution in [3.8, 4) is 0 Å². The minimum absolute atomic E-state index is 0.830. The second-order valence-electron chi connectivity index (χ2n) is 4.35. The Kier molecular flexibility index (Phi) is 4.45. The van der Waals surface area contributed by atoms with Gasteiger partial charge in [0.15, 0.2) is 0 Å². The van der Waals surface area contributed by atoms with Gasteiger partial charge in [0.25, 0.3) is 0 Å². The maximum absolute atomic E-state index is 4.18. The molecule has 0 aliphatic heterocycles. The molecular formula is C13H18S2. The molecule has 15 heavy (non-hydrogen) atoms. The Bertz CT molecular complexity index is 286. The standard InChI is InChI=1S/C13H18S2/c14-15-10-11-6-8-13(9-7-11)12-4-2-1-3-5-12/h6-9,12,14H,1-5,10H2. The molecule has 0 saturated heterocycles. The van der Waals surface area contributed by atoms with Crippen molar-refractivity contribution in [1.82, 2.24) is 0 Å². The van der Waals surface area contributed by atoms with Crippen LogP contribution >= 0.6 is 22.5 Å². The second-order valence-corrected chi connectivity index (χ2v) is 5.67. The lowest BCUT2D eigenvalue weighted by Gasteiger charge is -2.22. The normalized spacial score (nSPS) is 17.9. The molecule has 1 fully saturated rings. The van der Waals surface area contributed by atoms with E-state index >= 15 is 0 Å². The Morgan fingerprint density at radius 2 is 1.73 bits per heavy atom. The summed E-state index contributed by atoms with van der Waals surface area (Å²) in [5.41, 5.74) is 2.93. The Balaban J connectivity index is 2.02. The van der Waals surface area contributed by atoms with E-state index in [-0.39, 0.29) is 0 Å². The van der Waals surface area contributed by atoms with E-state index in [1.54, 1.807) is 16.4 Å². The zero-order valence-electron chi connectivity index (χ0n) is 8.98. The third-order valence-corrected chi connectivity index (χ3v) is 4.14. The lowest BCUT2D eigenvalue weighted by Crippen LogP contribution is -2.04. The summed E-state index contributed by atoms with van der Waals surface area (Å²) in [4.78, 5) is 0. The molecule has 1 aromatic carbocycles. The monoisotopic (exact) mass is 238 g/mol. The van der Waals surface area contributed by atoms with Crippen molar-refractivity contribution in [3.63, 3.8) is 0 Å². The van der Waals surface area contributed by atoms with Crippen molar-refractivity contribution in [2.24, 2.45) is 0 Å². The third kappa shape index (κ3) is 3.18. The number of hydrogen-bond acceptors (Lipinski definition) is 2. The SMILES string of the molecule is SSCc1ccc(C2CCCCC2)cc1. The van der Waals surface area contributed by atoms with E-state index in [0.29, 0.717) is 0 Å². The largest absolute Gasteiger partial charge is 0.111 e. The van der Waals surface area contributed by atoms with Crippen LogP contribution in [0.1, 0.15) is 49.1 Å². The van der Waals surface area contributed by atoms with Crippen LogP contribution in [0.15, 0.2) is 24.3 Å². The molecule has 0 N–H and O–H groups in total. The molecule has 1 aliphatic rings. The number of benzene rings is 1. The van der Waals surface area contributed by atoms with Crippen LogP contribution in [0.5, 0.6) is 0 Å². The van der Waals surface area contributed by atoms with Gasteiger partial charge in [-0.3, -0.25) is 0 Å². The molecule has 0 heterocycles. The molecule has 1 saturated carbocycles. The van der Waals surface area contributed by atoms with Gasteiger partial charge < -0.3 is 0 Å². The highest BCUT2D eigenvalue weighted by Crippen LogP contribution is 2.32. The molecule has 2 rings (SSSR count). The van der Waals surface area contributed by atoms with Crippen LogP contribution in [0.3, 0.4) is 0 Å². The van der Waals surface area contributed by atoms with Crippen molar-refractivity contribution < 1.29 is 0 Å². The second kappa shape index (κ2) is 5.86. The van der Waals surface area contributed by atoms with Crippen molar-refractivity contribution in [1.29, 1.82) is 0 Å². The van der Waals surface area contributed by atoms with Crippen molar-refractivity contribution in [2.75, 3.05) is 0 Å². The Morgan fingerprint density at radius 1 is 1.07 bits per heavy atom. The fourth-order valence-corrected chi connectivity index (χ4v) is 3.19. The van der Waals surface area contributed by atoms with Gasteiger partial charge in [-0.15, -0.1) is 11.7 Å². The van der Waals surface area contributed by atoms with Crippen molar-refractivity contribution in [2.45, 2.75) is 43.8 Å². The average molecular weight is 238 g/mol. The Morgan fingerprint density at radius 3 is 2.33 bits per heavy atom. The van der Waals surface area contributed by atoms with Gasteiger partial charge >= 0.3 is 0 Å². The van der Waals surface area contributed by atoms with E-state index in [1.165, 1.54) is 37.7 Å². The molecule has 0 aromatic heterocycles. The van der Waals surface area contributed by atoms with Crippen LogP contribution < -0.4 is 0 Å². The zero-order chi connectivity index (χ0) is 10.5. The summed E-state index contributed by atoms with van der Waals surface area (Å²) < 4.78 is 0. The van der Waals surface area contributed by atoms with Crippen LogP contribution in [-0.4, -0.2) is 0 Å². The van der Waals surface area contributed by atoms with Gasteiger partial charge in [0.1, 0.15) is 0 Å². The molecule has 0 atom stereocenters. The maximum Gasteiger partial charge on any atom is 0.0286 e. The fraction of sp³-hybridized carbons (Fsp3) is 0.538. The molecule has 0 unspecified atom stereocenters. The molecule has 0 amide bonds. The topological polar surface area (TPSA) is 0 Å². The predicted molar refractivity (Wildman–Crippen MR) is 72.5 cm³/mol. The highest BCUT2D eigenvalue weighted by Gasteiger charge is 2.14. The molecule has 1 aliphatic carbocycles. The summed E-state index contributed by atoms with van der Waals surface area (Å²) in [7, 11) is 1.59. The van der Waals surface area contributed by atoms with Crippen LogP contribution in [0.4, 0.5) is 0 Å². The minimum Gasteiger partial charge on any atom is -0.111 e. The van der Waals surface area contributed by atoms with E-state index in [0.717, 1.165) is 11.7 Å². The fourth-order valence-electron chi connectivity index (χ4n) is 2.40. The van der Waals surface area contributed by atoms with Gasteiger partial charge in [-0.1, -0.05) is 54.3 Å². The first-order valence-corrected chi connectivity index (χ1v) is 7.79.